The standard InChI is InChI=1S/C13H16N6/c1-2-8-3-14-4-9(8)10-5-15-11-6-16-12-13(19(10)11)18-7-17-12/h5-9,14H,2-4H2,1H3,(H,17,18)/t8-,9-/m1/s1. The first-order valence-electron chi connectivity index (χ1n) is 6.74. The molecule has 3 aromatic rings. The molecular weight excluding hydrogens is 240 g/mol. The normalized spacial score (nSPS) is 23.6. The Hall–Kier alpha value is -1.95. The lowest BCUT2D eigenvalue weighted by Crippen LogP contribution is -2.12. The molecule has 0 aromatic carbocycles. The summed E-state index contributed by atoms with van der Waals surface area (Å²) in [5, 5.41) is 3.48. The molecular formula is C13H16N6. The Kier molecular flexibility index (Phi) is 2.32. The molecule has 0 saturated carbocycles. The Morgan fingerprint density at radius 3 is 3.11 bits per heavy atom. The average Bonchev–Trinajstić information content (AvgIpc) is 3.15. The quantitative estimate of drug-likeness (QED) is 0.725. The highest BCUT2D eigenvalue weighted by molar-refractivity contribution is 5.69. The summed E-state index contributed by atoms with van der Waals surface area (Å²) < 4.78 is 2.14. The summed E-state index contributed by atoms with van der Waals surface area (Å²) in [4.78, 5) is 16.3. The van der Waals surface area contributed by atoms with Gasteiger partial charge in [0.15, 0.2) is 16.9 Å². The molecule has 19 heavy (non-hydrogen) atoms. The van der Waals surface area contributed by atoms with Crippen molar-refractivity contribution in [2.24, 2.45) is 5.92 Å². The molecule has 1 aliphatic rings. The minimum atomic E-state index is 0.502. The van der Waals surface area contributed by atoms with Crippen LogP contribution < -0.4 is 5.32 Å². The summed E-state index contributed by atoms with van der Waals surface area (Å²) in [7, 11) is 0. The van der Waals surface area contributed by atoms with E-state index in [0.717, 1.165) is 30.0 Å². The molecule has 1 fully saturated rings. The lowest BCUT2D eigenvalue weighted by atomic mass is 9.91. The summed E-state index contributed by atoms with van der Waals surface area (Å²) >= 11 is 0. The maximum absolute atomic E-state index is 4.48. The minimum absolute atomic E-state index is 0.502. The van der Waals surface area contributed by atoms with E-state index >= 15 is 0 Å². The summed E-state index contributed by atoms with van der Waals surface area (Å²) in [6, 6.07) is 0. The fourth-order valence-corrected chi connectivity index (χ4v) is 3.13. The summed E-state index contributed by atoms with van der Waals surface area (Å²) in [6.07, 6.45) is 6.64. The number of hydrogen-bond donors (Lipinski definition) is 2. The molecule has 4 rings (SSSR count). The van der Waals surface area contributed by atoms with Gasteiger partial charge in [-0.3, -0.25) is 4.40 Å². The van der Waals surface area contributed by atoms with Gasteiger partial charge in [0.25, 0.3) is 0 Å². The van der Waals surface area contributed by atoms with Crippen LogP contribution in [0.3, 0.4) is 0 Å². The highest BCUT2D eigenvalue weighted by atomic mass is 15.1. The smallest absolute Gasteiger partial charge is 0.183 e. The fraction of sp³-hybridized carbons (Fsp3) is 0.462. The molecule has 4 heterocycles. The summed E-state index contributed by atoms with van der Waals surface area (Å²) in [5.41, 5.74) is 3.79. The van der Waals surface area contributed by atoms with Crippen LogP contribution in [0.1, 0.15) is 25.0 Å². The van der Waals surface area contributed by atoms with E-state index in [-0.39, 0.29) is 0 Å². The summed E-state index contributed by atoms with van der Waals surface area (Å²) in [5.74, 6) is 1.17. The first kappa shape index (κ1) is 10.9. The fourth-order valence-electron chi connectivity index (χ4n) is 3.13. The van der Waals surface area contributed by atoms with Crippen molar-refractivity contribution in [3.8, 4) is 0 Å². The van der Waals surface area contributed by atoms with Crippen LogP contribution in [0.25, 0.3) is 16.9 Å². The van der Waals surface area contributed by atoms with Crippen LogP contribution in [0.2, 0.25) is 0 Å². The van der Waals surface area contributed by atoms with E-state index in [1.54, 1.807) is 12.5 Å². The second-order valence-electron chi connectivity index (χ2n) is 5.14. The highest BCUT2D eigenvalue weighted by Gasteiger charge is 2.29. The van der Waals surface area contributed by atoms with E-state index in [1.165, 1.54) is 12.1 Å². The number of nitrogens with zero attached hydrogens (tertiary/aromatic N) is 4. The third-order valence-corrected chi connectivity index (χ3v) is 4.18. The van der Waals surface area contributed by atoms with Crippen molar-refractivity contribution < 1.29 is 0 Å². The maximum Gasteiger partial charge on any atom is 0.183 e. The second kappa shape index (κ2) is 4.03. The third-order valence-electron chi connectivity index (χ3n) is 4.18. The topological polar surface area (TPSA) is 70.9 Å². The van der Waals surface area contributed by atoms with Gasteiger partial charge in [-0.25, -0.2) is 15.0 Å². The lowest BCUT2D eigenvalue weighted by molar-refractivity contribution is 0.493. The van der Waals surface area contributed by atoms with Crippen LogP contribution in [-0.4, -0.2) is 37.4 Å². The van der Waals surface area contributed by atoms with Crippen molar-refractivity contribution in [1.82, 2.24) is 29.7 Å². The number of aromatic nitrogens is 5. The Labute approximate surface area is 110 Å². The number of aromatic amines is 1. The molecule has 0 unspecified atom stereocenters. The van der Waals surface area contributed by atoms with Crippen LogP contribution in [0.5, 0.6) is 0 Å². The Balaban J connectivity index is 1.96. The molecule has 6 heteroatoms. The van der Waals surface area contributed by atoms with Crippen LogP contribution in [0.4, 0.5) is 0 Å². The molecule has 0 radical (unpaired) electrons. The Morgan fingerprint density at radius 2 is 2.21 bits per heavy atom. The van der Waals surface area contributed by atoms with Crippen molar-refractivity contribution in [2.75, 3.05) is 13.1 Å². The average molecular weight is 256 g/mol. The predicted molar refractivity (Wildman–Crippen MR) is 72.0 cm³/mol. The zero-order chi connectivity index (χ0) is 12.8. The number of fused-ring (bicyclic) bond motifs is 3. The molecule has 0 aliphatic carbocycles. The van der Waals surface area contributed by atoms with Crippen molar-refractivity contribution >= 4 is 16.9 Å². The van der Waals surface area contributed by atoms with Gasteiger partial charge in [0.2, 0.25) is 0 Å². The van der Waals surface area contributed by atoms with Gasteiger partial charge < -0.3 is 10.3 Å². The van der Waals surface area contributed by atoms with E-state index in [2.05, 4.69) is 36.6 Å². The minimum Gasteiger partial charge on any atom is -0.328 e. The van der Waals surface area contributed by atoms with Crippen LogP contribution >= 0.6 is 0 Å². The number of imidazole rings is 2. The van der Waals surface area contributed by atoms with Gasteiger partial charge in [0, 0.05) is 24.4 Å². The second-order valence-corrected chi connectivity index (χ2v) is 5.14. The Morgan fingerprint density at radius 1 is 1.26 bits per heavy atom. The zero-order valence-corrected chi connectivity index (χ0v) is 10.8. The van der Waals surface area contributed by atoms with Gasteiger partial charge in [-0.1, -0.05) is 13.3 Å². The van der Waals surface area contributed by atoms with Gasteiger partial charge in [0.05, 0.1) is 12.5 Å². The van der Waals surface area contributed by atoms with Gasteiger partial charge >= 0.3 is 0 Å². The number of nitrogens with one attached hydrogen (secondary N) is 2. The SMILES string of the molecule is CC[C@@H]1CNC[C@H]1c1cnc2cnc3[nH]cnc3n12. The van der Waals surface area contributed by atoms with E-state index in [4.69, 9.17) is 0 Å². The van der Waals surface area contributed by atoms with E-state index < -0.39 is 0 Å². The van der Waals surface area contributed by atoms with Crippen LogP contribution in [-0.2, 0) is 0 Å². The monoisotopic (exact) mass is 256 g/mol. The summed E-state index contributed by atoms with van der Waals surface area (Å²) in [6.45, 7) is 4.35. The first-order valence-corrected chi connectivity index (χ1v) is 6.74. The van der Waals surface area contributed by atoms with Crippen molar-refractivity contribution in [3.63, 3.8) is 0 Å². The largest absolute Gasteiger partial charge is 0.328 e. The van der Waals surface area contributed by atoms with Crippen LogP contribution in [0, 0.1) is 5.92 Å². The first-order chi connectivity index (χ1) is 9.38. The predicted octanol–water partition coefficient (Wildman–Crippen LogP) is 1.32. The molecule has 2 atom stereocenters. The third kappa shape index (κ3) is 1.49. The molecule has 0 amide bonds. The number of rotatable bonds is 2. The number of hydrogen-bond acceptors (Lipinski definition) is 4. The van der Waals surface area contributed by atoms with Gasteiger partial charge in [-0.05, 0) is 12.5 Å². The van der Waals surface area contributed by atoms with Gasteiger partial charge in [0.1, 0.15) is 0 Å². The zero-order valence-electron chi connectivity index (χ0n) is 10.8. The van der Waals surface area contributed by atoms with E-state index in [0.29, 0.717) is 11.8 Å². The maximum atomic E-state index is 4.48. The van der Waals surface area contributed by atoms with Crippen molar-refractivity contribution in [2.45, 2.75) is 19.3 Å². The molecule has 3 aromatic heterocycles. The highest BCUT2D eigenvalue weighted by Crippen LogP contribution is 2.31. The van der Waals surface area contributed by atoms with E-state index in [1.807, 2.05) is 6.20 Å². The van der Waals surface area contributed by atoms with Gasteiger partial charge in [-0.15, -0.1) is 0 Å². The molecule has 0 bridgehead atoms. The molecule has 2 N–H and O–H groups in total. The number of H-pyrrole nitrogens is 1. The molecule has 98 valence electrons. The molecule has 1 aliphatic heterocycles. The molecule has 0 spiro atoms. The Bertz CT molecular complexity index is 727. The molecule has 6 nitrogen and oxygen atoms in total. The van der Waals surface area contributed by atoms with Crippen molar-refractivity contribution in [3.05, 3.63) is 24.4 Å². The van der Waals surface area contributed by atoms with Gasteiger partial charge in [-0.2, -0.15) is 0 Å². The van der Waals surface area contributed by atoms with Crippen LogP contribution in [0.15, 0.2) is 18.7 Å². The van der Waals surface area contributed by atoms with Crippen molar-refractivity contribution in [1.29, 1.82) is 0 Å². The lowest BCUT2D eigenvalue weighted by Gasteiger charge is -2.16. The molecule has 1 saturated heterocycles. The van der Waals surface area contributed by atoms with E-state index in [9.17, 15) is 0 Å².